The largest absolute Gasteiger partial charge is 0.464 e. The van der Waals surface area contributed by atoms with Gasteiger partial charge in [-0.2, -0.15) is 0 Å². The number of unbranched alkanes of at least 4 members (excludes halogenated alkanes) is 11. The number of esters is 1. The quantitative estimate of drug-likeness (QED) is 0.153. The van der Waals surface area contributed by atoms with E-state index in [1.54, 1.807) is 0 Å². The van der Waals surface area contributed by atoms with E-state index in [0.29, 0.717) is 13.0 Å². The van der Waals surface area contributed by atoms with Crippen molar-refractivity contribution in [2.24, 2.45) is 0 Å². The summed E-state index contributed by atoms with van der Waals surface area (Å²) in [4.78, 5) is 11.4. The van der Waals surface area contributed by atoms with Crippen molar-refractivity contribution in [2.75, 3.05) is 20.2 Å². The zero-order chi connectivity index (χ0) is 17.7. The monoisotopic (exact) mass is 362 g/mol. The van der Waals surface area contributed by atoms with Crippen molar-refractivity contribution in [3.63, 3.8) is 0 Å². The topological polar surface area (TPSA) is 38.3 Å². The van der Waals surface area contributed by atoms with Crippen molar-refractivity contribution in [2.45, 2.75) is 96.8 Å². The molecule has 0 saturated carbocycles. The second-order valence-corrected chi connectivity index (χ2v) is 6.66. The number of carbonyl (C=O) groups is 1. The van der Waals surface area contributed by atoms with E-state index in [0.717, 1.165) is 19.4 Å². The number of ether oxygens (including phenoxy) is 1. The van der Waals surface area contributed by atoms with Crippen LogP contribution in [0.1, 0.15) is 96.8 Å². The Morgan fingerprint density at radius 1 is 0.840 bits per heavy atom. The molecule has 0 aliphatic heterocycles. The van der Waals surface area contributed by atoms with Crippen LogP contribution >= 0.6 is 0 Å². The Bertz CT molecular complexity index is 296. The molecule has 0 atom stereocenters. The van der Waals surface area contributed by atoms with E-state index in [9.17, 15) is 4.79 Å². The standard InChI is InChI=1S/C21H41NO2.Na/c1-3-4-5-6-7-8-9-10-11-12-13-14-15-16-17-18-21(23)24-20-19-22-2;/h10-11,22H,3-9,12-20H2,1-2H3;/b11-10-;. The zero-order valence-electron chi connectivity index (χ0n) is 17.3. The van der Waals surface area contributed by atoms with E-state index in [2.05, 4.69) is 24.4 Å². The summed E-state index contributed by atoms with van der Waals surface area (Å²) in [6.45, 7) is 3.49. The predicted molar refractivity (Wildman–Crippen MR) is 110 cm³/mol. The summed E-state index contributed by atoms with van der Waals surface area (Å²) in [5, 5.41) is 2.96. The summed E-state index contributed by atoms with van der Waals surface area (Å²) >= 11 is 0. The predicted octanol–water partition coefficient (Wildman–Crippen LogP) is 5.41. The fourth-order valence-corrected chi connectivity index (χ4v) is 2.68. The molecule has 0 fully saturated rings. The van der Waals surface area contributed by atoms with Crippen LogP contribution in [0.4, 0.5) is 0 Å². The molecular formula is C21H41NNaO2. The SMILES string of the molecule is CCCCCCCC/C=C\CCCCCCCC(=O)OCCNC.[Na]. The van der Waals surface area contributed by atoms with Crippen molar-refractivity contribution in [3.05, 3.63) is 12.2 Å². The van der Waals surface area contributed by atoms with E-state index in [4.69, 9.17) is 4.74 Å². The van der Waals surface area contributed by atoms with Gasteiger partial charge >= 0.3 is 5.97 Å². The maximum absolute atomic E-state index is 11.4. The van der Waals surface area contributed by atoms with Crippen LogP contribution in [0.3, 0.4) is 0 Å². The maximum Gasteiger partial charge on any atom is 0.305 e. The summed E-state index contributed by atoms with van der Waals surface area (Å²) in [7, 11) is 1.86. The molecule has 0 unspecified atom stereocenters. The molecule has 0 aromatic carbocycles. The molecule has 0 heterocycles. The number of carbonyl (C=O) groups excluding carboxylic acids is 1. The Morgan fingerprint density at radius 3 is 1.92 bits per heavy atom. The first kappa shape index (κ1) is 27.4. The smallest absolute Gasteiger partial charge is 0.305 e. The van der Waals surface area contributed by atoms with Gasteiger partial charge in [0.2, 0.25) is 0 Å². The van der Waals surface area contributed by atoms with Gasteiger partial charge in [0.1, 0.15) is 6.61 Å². The molecule has 3 nitrogen and oxygen atoms in total. The maximum atomic E-state index is 11.4. The number of rotatable bonds is 18. The molecule has 25 heavy (non-hydrogen) atoms. The third-order valence-corrected chi connectivity index (χ3v) is 4.26. The van der Waals surface area contributed by atoms with Crippen LogP contribution in [0.25, 0.3) is 0 Å². The molecule has 0 aromatic rings. The molecule has 0 saturated heterocycles. The molecule has 143 valence electrons. The Labute approximate surface area is 179 Å². The molecule has 4 heteroatoms. The Kier molecular flexibility index (Phi) is 26.5. The minimum atomic E-state index is -0.0529. The van der Waals surface area contributed by atoms with Gasteiger partial charge in [-0.15, -0.1) is 0 Å². The van der Waals surface area contributed by atoms with Gasteiger partial charge in [0.15, 0.2) is 0 Å². The average molecular weight is 363 g/mol. The van der Waals surface area contributed by atoms with Crippen LogP contribution in [0.2, 0.25) is 0 Å². The van der Waals surface area contributed by atoms with Gasteiger partial charge in [0, 0.05) is 42.5 Å². The second kappa shape index (κ2) is 24.2. The molecule has 0 aliphatic carbocycles. The van der Waals surface area contributed by atoms with Gasteiger partial charge in [0.05, 0.1) is 0 Å². The van der Waals surface area contributed by atoms with E-state index in [1.807, 2.05) is 7.05 Å². The summed E-state index contributed by atoms with van der Waals surface area (Å²) < 4.78 is 5.09. The molecule has 0 aliphatic rings. The van der Waals surface area contributed by atoms with E-state index in [1.165, 1.54) is 70.6 Å². The number of nitrogens with one attached hydrogen (secondary N) is 1. The van der Waals surface area contributed by atoms with Gasteiger partial charge in [-0.25, -0.2) is 0 Å². The first-order valence-electron chi connectivity index (χ1n) is 10.3. The van der Waals surface area contributed by atoms with Crippen molar-refractivity contribution in [1.29, 1.82) is 0 Å². The number of hydrogen-bond acceptors (Lipinski definition) is 3. The number of likely N-dealkylation sites (N-methyl/N-ethyl adjacent to an activating group) is 1. The third-order valence-electron chi connectivity index (χ3n) is 4.26. The van der Waals surface area contributed by atoms with Gasteiger partial charge in [0.25, 0.3) is 0 Å². The van der Waals surface area contributed by atoms with Crippen LogP contribution in [0.5, 0.6) is 0 Å². The minimum absolute atomic E-state index is 0. The van der Waals surface area contributed by atoms with Crippen LogP contribution in [-0.4, -0.2) is 55.7 Å². The van der Waals surface area contributed by atoms with Crippen molar-refractivity contribution in [1.82, 2.24) is 5.32 Å². The molecule has 0 amide bonds. The number of allylic oxidation sites excluding steroid dienone is 2. The fraction of sp³-hybridized carbons (Fsp3) is 0.857. The van der Waals surface area contributed by atoms with Crippen molar-refractivity contribution in [3.8, 4) is 0 Å². The van der Waals surface area contributed by atoms with Gasteiger partial charge in [-0.05, 0) is 39.2 Å². The molecule has 0 spiro atoms. The first-order chi connectivity index (χ1) is 11.8. The van der Waals surface area contributed by atoms with E-state index >= 15 is 0 Å². The second-order valence-electron chi connectivity index (χ2n) is 6.66. The molecule has 1 N–H and O–H groups in total. The Balaban J connectivity index is 0. The summed E-state index contributed by atoms with van der Waals surface area (Å²) in [5.41, 5.74) is 0. The molecule has 0 bridgehead atoms. The Hall–Kier alpha value is 0.170. The van der Waals surface area contributed by atoms with Crippen LogP contribution in [0.15, 0.2) is 12.2 Å². The fourth-order valence-electron chi connectivity index (χ4n) is 2.68. The van der Waals surface area contributed by atoms with Crippen molar-refractivity contribution < 1.29 is 9.53 Å². The van der Waals surface area contributed by atoms with Crippen LogP contribution in [0, 0.1) is 0 Å². The first-order valence-corrected chi connectivity index (χ1v) is 10.3. The molecule has 0 rings (SSSR count). The van der Waals surface area contributed by atoms with Crippen molar-refractivity contribution >= 4 is 35.5 Å². The average Bonchev–Trinajstić information content (AvgIpc) is 2.58. The summed E-state index contributed by atoms with van der Waals surface area (Å²) in [5.74, 6) is -0.0529. The molecular weight excluding hydrogens is 321 g/mol. The summed E-state index contributed by atoms with van der Waals surface area (Å²) in [6.07, 6.45) is 21.9. The molecule has 0 aromatic heterocycles. The van der Waals surface area contributed by atoms with Crippen LogP contribution < -0.4 is 5.32 Å². The Morgan fingerprint density at radius 2 is 1.36 bits per heavy atom. The van der Waals surface area contributed by atoms with E-state index < -0.39 is 0 Å². The molecule has 1 radical (unpaired) electrons. The summed E-state index contributed by atoms with van der Waals surface area (Å²) in [6, 6.07) is 0. The van der Waals surface area contributed by atoms with E-state index in [-0.39, 0.29) is 35.5 Å². The van der Waals surface area contributed by atoms with Crippen LogP contribution in [-0.2, 0) is 9.53 Å². The van der Waals surface area contributed by atoms with Gasteiger partial charge in [-0.3, -0.25) is 4.79 Å². The zero-order valence-corrected chi connectivity index (χ0v) is 19.3. The number of hydrogen-bond donors (Lipinski definition) is 1. The normalized spacial score (nSPS) is 10.8. The third kappa shape index (κ3) is 24.2. The van der Waals surface area contributed by atoms with Gasteiger partial charge < -0.3 is 10.1 Å². The van der Waals surface area contributed by atoms with Gasteiger partial charge in [-0.1, -0.05) is 70.4 Å². The minimum Gasteiger partial charge on any atom is -0.464 e.